The lowest BCUT2D eigenvalue weighted by Crippen LogP contribution is -2.56. The molecule has 0 saturated carbocycles. The number of carbonyl (C=O) groups is 5. The van der Waals surface area contributed by atoms with Gasteiger partial charge in [0, 0.05) is 6.42 Å². The summed E-state index contributed by atoms with van der Waals surface area (Å²) >= 11 is 0. The average Bonchev–Trinajstić information content (AvgIpc) is 2.81. The van der Waals surface area contributed by atoms with Gasteiger partial charge < -0.3 is 32.1 Å². The van der Waals surface area contributed by atoms with Crippen molar-refractivity contribution in [1.82, 2.24) is 21.3 Å². The second-order valence-corrected chi connectivity index (χ2v) is 10.0. The van der Waals surface area contributed by atoms with E-state index in [9.17, 15) is 29.1 Å². The van der Waals surface area contributed by atoms with Gasteiger partial charge in [-0.05, 0) is 37.2 Å². The number of carboxylic acid groups (broad SMARTS) is 1. The lowest BCUT2D eigenvalue weighted by atomic mass is 10.00. The largest absolute Gasteiger partial charge is 0.480 e. The van der Waals surface area contributed by atoms with Crippen LogP contribution >= 0.6 is 0 Å². The maximum Gasteiger partial charge on any atom is 0.326 e. The number of benzene rings is 1. The van der Waals surface area contributed by atoms with Gasteiger partial charge in [-0.15, -0.1) is 0 Å². The number of carbonyl (C=O) groups excluding carboxylic acids is 4. The van der Waals surface area contributed by atoms with E-state index in [0.29, 0.717) is 12.8 Å². The SMILES string of the molecule is CC(C)C[C@H](NC(=O)[C@H](C)N)C(=O)N[C@@H](CC(C)C)C(=O)NCC(=O)N[C@@H](Cc1ccccc1)C(=O)O. The summed E-state index contributed by atoms with van der Waals surface area (Å²) in [6, 6.07) is 5.06. The van der Waals surface area contributed by atoms with E-state index >= 15 is 0 Å². The van der Waals surface area contributed by atoms with E-state index in [1.165, 1.54) is 6.92 Å². The molecule has 0 heterocycles. The van der Waals surface area contributed by atoms with Crippen LogP contribution in [0.1, 0.15) is 53.0 Å². The van der Waals surface area contributed by atoms with Crippen LogP contribution in [-0.2, 0) is 30.4 Å². The summed E-state index contributed by atoms with van der Waals surface area (Å²) in [7, 11) is 0. The van der Waals surface area contributed by atoms with Crippen LogP contribution < -0.4 is 27.0 Å². The van der Waals surface area contributed by atoms with Crippen LogP contribution in [0.2, 0.25) is 0 Å². The molecular formula is C26H41N5O6. The van der Waals surface area contributed by atoms with Gasteiger partial charge in [0.1, 0.15) is 18.1 Å². The topological polar surface area (TPSA) is 180 Å². The normalized spacial score (nSPS) is 14.3. The molecule has 0 radical (unpaired) electrons. The molecule has 0 unspecified atom stereocenters. The molecule has 4 atom stereocenters. The molecule has 0 aromatic heterocycles. The van der Waals surface area contributed by atoms with Crippen LogP contribution in [0.15, 0.2) is 30.3 Å². The molecular weight excluding hydrogens is 478 g/mol. The van der Waals surface area contributed by atoms with Crippen molar-refractivity contribution in [3.05, 3.63) is 35.9 Å². The number of nitrogens with one attached hydrogen (secondary N) is 4. The van der Waals surface area contributed by atoms with E-state index < -0.39 is 60.3 Å². The van der Waals surface area contributed by atoms with E-state index in [2.05, 4.69) is 21.3 Å². The molecule has 0 saturated heterocycles. The average molecular weight is 520 g/mol. The Balaban J connectivity index is 2.81. The van der Waals surface area contributed by atoms with Crippen molar-refractivity contribution in [1.29, 1.82) is 0 Å². The number of amides is 4. The monoisotopic (exact) mass is 519 g/mol. The van der Waals surface area contributed by atoms with Crippen molar-refractivity contribution in [3.8, 4) is 0 Å². The first kappa shape index (κ1) is 31.6. The minimum Gasteiger partial charge on any atom is -0.480 e. The van der Waals surface area contributed by atoms with Gasteiger partial charge in [-0.3, -0.25) is 19.2 Å². The molecule has 1 rings (SSSR count). The molecule has 0 aliphatic rings. The minimum atomic E-state index is -1.20. The van der Waals surface area contributed by atoms with Gasteiger partial charge in [0.2, 0.25) is 23.6 Å². The third-order valence-corrected chi connectivity index (χ3v) is 5.43. The van der Waals surface area contributed by atoms with E-state index in [4.69, 9.17) is 5.73 Å². The number of hydrogen-bond donors (Lipinski definition) is 6. The number of carboxylic acids is 1. The molecule has 1 aromatic rings. The highest BCUT2D eigenvalue weighted by molar-refractivity contribution is 5.94. The smallest absolute Gasteiger partial charge is 0.326 e. The van der Waals surface area contributed by atoms with Crippen molar-refractivity contribution in [2.24, 2.45) is 17.6 Å². The Morgan fingerprint density at radius 3 is 1.76 bits per heavy atom. The number of rotatable bonds is 15. The standard InChI is InChI=1S/C26H41N5O6/c1-15(2)11-19(31-25(35)20(12-16(3)4)30-23(33)17(5)27)24(34)28-14-22(32)29-21(26(36)37)13-18-9-7-6-8-10-18/h6-10,15-17,19-21H,11-14,27H2,1-5H3,(H,28,34)(H,29,32)(H,30,33)(H,31,35)(H,36,37)/t17-,19-,20-,21-/m0/s1. The van der Waals surface area contributed by atoms with E-state index in [-0.39, 0.29) is 18.3 Å². The zero-order valence-corrected chi connectivity index (χ0v) is 22.2. The molecule has 0 bridgehead atoms. The molecule has 0 aliphatic heterocycles. The highest BCUT2D eigenvalue weighted by atomic mass is 16.4. The molecule has 37 heavy (non-hydrogen) atoms. The van der Waals surface area contributed by atoms with Gasteiger partial charge in [-0.25, -0.2) is 4.79 Å². The highest BCUT2D eigenvalue weighted by Gasteiger charge is 2.29. The van der Waals surface area contributed by atoms with Crippen molar-refractivity contribution in [2.45, 2.75) is 78.0 Å². The summed E-state index contributed by atoms with van der Waals surface area (Å²) in [5.74, 6) is -3.34. The molecule has 11 heteroatoms. The van der Waals surface area contributed by atoms with Gasteiger partial charge >= 0.3 is 5.97 Å². The van der Waals surface area contributed by atoms with Crippen LogP contribution in [0.25, 0.3) is 0 Å². The Labute approximate surface area is 218 Å². The zero-order valence-electron chi connectivity index (χ0n) is 22.2. The van der Waals surface area contributed by atoms with Gasteiger partial charge in [0.25, 0.3) is 0 Å². The summed E-state index contributed by atoms with van der Waals surface area (Å²) in [6.45, 7) is 8.61. The van der Waals surface area contributed by atoms with Gasteiger partial charge in [-0.2, -0.15) is 0 Å². The first-order chi connectivity index (χ1) is 17.3. The second-order valence-electron chi connectivity index (χ2n) is 10.0. The fourth-order valence-corrected chi connectivity index (χ4v) is 3.57. The molecule has 7 N–H and O–H groups in total. The van der Waals surface area contributed by atoms with Crippen LogP contribution in [0.5, 0.6) is 0 Å². The quantitative estimate of drug-likeness (QED) is 0.193. The third-order valence-electron chi connectivity index (χ3n) is 5.43. The van der Waals surface area contributed by atoms with Gasteiger partial charge in [0.15, 0.2) is 0 Å². The fraction of sp³-hybridized carbons (Fsp3) is 0.577. The summed E-state index contributed by atoms with van der Waals surface area (Å²) in [6.07, 6.45) is 0.730. The number of hydrogen-bond acceptors (Lipinski definition) is 6. The zero-order chi connectivity index (χ0) is 28.1. The summed E-state index contributed by atoms with van der Waals surface area (Å²) in [5.41, 5.74) is 6.35. The Bertz CT molecular complexity index is 919. The van der Waals surface area contributed by atoms with Crippen molar-refractivity contribution in [3.63, 3.8) is 0 Å². The van der Waals surface area contributed by atoms with Crippen molar-refractivity contribution >= 4 is 29.6 Å². The molecule has 4 amide bonds. The number of nitrogens with two attached hydrogens (primary N) is 1. The molecule has 0 aliphatic carbocycles. The predicted octanol–water partition coefficient (Wildman–Crippen LogP) is 0.324. The minimum absolute atomic E-state index is 0.0364. The summed E-state index contributed by atoms with van der Waals surface area (Å²) in [4.78, 5) is 61.9. The predicted molar refractivity (Wildman–Crippen MR) is 139 cm³/mol. The Hall–Kier alpha value is -3.47. The highest BCUT2D eigenvalue weighted by Crippen LogP contribution is 2.09. The maximum absolute atomic E-state index is 13.0. The van der Waals surface area contributed by atoms with Crippen LogP contribution in [0.4, 0.5) is 0 Å². The Kier molecular flexibility index (Phi) is 13.3. The van der Waals surface area contributed by atoms with Crippen molar-refractivity contribution < 1.29 is 29.1 Å². The Morgan fingerprint density at radius 1 is 0.757 bits per heavy atom. The van der Waals surface area contributed by atoms with E-state index in [1.807, 2.05) is 27.7 Å². The molecule has 11 nitrogen and oxygen atoms in total. The fourth-order valence-electron chi connectivity index (χ4n) is 3.57. The van der Waals surface area contributed by atoms with Crippen LogP contribution in [0, 0.1) is 11.8 Å². The maximum atomic E-state index is 13.0. The number of aliphatic carboxylic acids is 1. The first-order valence-corrected chi connectivity index (χ1v) is 12.5. The van der Waals surface area contributed by atoms with Gasteiger partial charge in [-0.1, -0.05) is 58.0 Å². The van der Waals surface area contributed by atoms with Gasteiger partial charge in [0.05, 0.1) is 12.6 Å². The van der Waals surface area contributed by atoms with Crippen LogP contribution in [-0.4, -0.2) is 65.4 Å². The first-order valence-electron chi connectivity index (χ1n) is 12.5. The molecule has 0 fully saturated rings. The lowest BCUT2D eigenvalue weighted by Gasteiger charge is -2.25. The molecule has 1 aromatic carbocycles. The molecule has 206 valence electrons. The second kappa shape index (κ2) is 15.6. The van der Waals surface area contributed by atoms with E-state index in [1.54, 1.807) is 30.3 Å². The Morgan fingerprint density at radius 2 is 1.27 bits per heavy atom. The lowest BCUT2D eigenvalue weighted by molar-refractivity contribution is -0.141. The summed E-state index contributed by atoms with van der Waals surface area (Å²) < 4.78 is 0. The van der Waals surface area contributed by atoms with Crippen molar-refractivity contribution in [2.75, 3.05) is 6.54 Å². The molecule has 0 spiro atoms. The third kappa shape index (κ3) is 12.4. The van der Waals surface area contributed by atoms with Crippen LogP contribution in [0.3, 0.4) is 0 Å². The summed E-state index contributed by atoms with van der Waals surface area (Å²) in [5, 5.41) is 19.7. The van der Waals surface area contributed by atoms with E-state index in [0.717, 1.165) is 5.56 Å².